The van der Waals surface area contributed by atoms with Crippen LogP contribution in [-0.2, 0) is 4.79 Å². The SMILES string of the molecule is CC(=O)c1ccc(OCCCC(=O)NC2CCCC(C)C2C)cc1. The zero-order valence-electron chi connectivity index (χ0n) is 15.0. The van der Waals surface area contributed by atoms with Crippen molar-refractivity contribution in [1.82, 2.24) is 5.32 Å². The molecule has 3 unspecified atom stereocenters. The van der Waals surface area contributed by atoms with Crippen LogP contribution in [0.5, 0.6) is 5.75 Å². The fraction of sp³-hybridized carbons (Fsp3) is 0.600. The molecule has 4 heteroatoms. The van der Waals surface area contributed by atoms with Gasteiger partial charge in [0.15, 0.2) is 5.78 Å². The summed E-state index contributed by atoms with van der Waals surface area (Å²) in [7, 11) is 0. The molecular formula is C20H29NO3. The van der Waals surface area contributed by atoms with Crippen molar-refractivity contribution in [2.24, 2.45) is 11.8 Å². The summed E-state index contributed by atoms with van der Waals surface area (Å²) in [6.45, 7) is 6.56. The third-order valence-corrected chi connectivity index (χ3v) is 5.13. The van der Waals surface area contributed by atoms with Gasteiger partial charge in [0.1, 0.15) is 5.75 Å². The molecule has 1 aliphatic rings. The van der Waals surface area contributed by atoms with E-state index in [4.69, 9.17) is 4.74 Å². The highest BCUT2D eigenvalue weighted by Gasteiger charge is 2.27. The lowest BCUT2D eigenvalue weighted by molar-refractivity contribution is -0.122. The van der Waals surface area contributed by atoms with Gasteiger partial charge in [-0.25, -0.2) is 0 Å². The number of ketones is 1. The van der Waals surface area contributed by atoms with E-state index >= 15 is 0 Å². The highest BCUT2D eigenvalue weighted by molar-refractivity contribution is 5.94. The normalized spacial score (nSPS) is 23.5. The average Bonchev–Trinajstić information content (AvgIpc) is 2.56. The number of rotatable bonds is 7. The monoisotopic (exact) mass is 331 g/mol. The van der Waals surface area contributed by atoms with Crippen molar-refractivity contribution < 1.29 is 14.3 Å². The van der Waals surface area contributed by atoms with Crippen molar-refractivity contribution in [3.8, 4) is 5.75 Å². The van der Waals surface area contributed by atoms with Crippen LogP contribution in [0.25, 0.3) is 0 Å². The first kappa shape index (κ1) is 18.5. The number of ether oxygens (including phenoxy) is 1. The Balaban J connectivity index is 1.66. The van der Waals surface area contributed by atoms with Crippen LogP contribution >= 0.6 is 0 Å². The third kappa shape index (κ3) is 5.36. The lowest BCUT2D eigenvalue weighted by Gasteiger charge is -2.34. The molecule has 132 valence electrons. The van der Waals surface area contributed by atoms with Gasteiger partial charge in [-0.1, -0.05) is 26.7 Å². The topological polar surface area (TPSA) is 55.4 Å². The van der Waals surface area contributed by atoms with Crippen LogP contribution in [0.1, 0.15) is 63.2 Å². The van der Waals surface area contributed by atoms with Crippen LogP contribution in [0.3, 0.4) is 0 Å². The van der Waals surface area contributed by atoms with Gasteiger partial charge in [-0.3, -0.25) is 9.59 Å². The molecule has 1 aromatic carbocycles. The van der Waals surface area contributed by atoms with Crippen molar-refractivity contribution in [3.63, 3.8) is 0 Å². The van der Waals surface area contributed by atoms with Gasteiger partial charge in [-0.15, -0.1) is 0 Å². The summed E-state index contributed by atoms with van der Waals surface area (Å²) in [5, 5.41) is 3.19. The minimum absolute atomic E-state index is 0.0458. The quantitative estimate of drug-likeness (QED) is 0.607. The zero-order chi connectivity index (χ0) is 17.5. The molecule has 1 amide bonds. The average molecular weight is 331 g/mol. The number of amides is 1. The van der Waals surface area contributed by atoms with Crippen molar-refractivity contribution in [1.29, 1.82) is 0 Å². The molecular weight excluding hydrogens is 302 g/mol. The number of nitrogens with one attached hydrogen (secondary N) is 1. The minimum Gasteiger partial charge on any atom is -0.494 e. The molecule has 0 saturated heterocycles. The molecule has 24 heavy (non-hydrogen) atoms. The second-order valence-corrected chi connectivity index (χ2v) is 6.97. The summed E-state index contributed by atoms with van der Waals surface area (Å²) in [5.41, 5.74) is 0.678. The van der Waals surface area contributed by atoms with Crippen LogP contribution in [0.2, 0.25) is 0 Å². The van der Waals surface area contributed by atoms with Gasteiger partial charge in [0, 0.05) is 18.0 Å². The van der Waals surface area contributed by atoms with Crippen LogP contribution < -0.4 is 10.1 Å². The molecule has 1 fully saturated rings. The summed E-state index contributed by atoms with van der Waals surface area (Å²) >= 11 is 0. The number of carbonyl (C=O) groups is 2. The third-order valence-electron chi connectivity index (χ3n) is 5.13. The maximum absolute atomic E-state index is 12.1. The Kier molecular flexibility index (Phi) is 6.83. The maximum atomic E-state index is 12.1. The Bertz CT molecular complexity index is 553. The molecule has 0 radical (unpaired) electrons. The van der Waals surface area contributed by atoms with E-state index in [-0.39, 0.29) is 11.7 Å². The largest absolute Gasteiger partial charge is 0.494 e. The number of carbonyl (C=O) groups excluding carboxylic acids is 2. The van der Waals surface area contributed by atoms with Crippen molar-refractivity contribution in [2.75, 3.05) is 6.61 Å². The summed E-state index contributed by atoms with van der Waals surface area (Å²) in [6.07, 6.45) is 4.75. The standard InChI is InChI=1S/C20H29NO3/c1-14-6-4-7-19(15(14)2)21-20(23)8-5-13-24-18-11-9-17(10-12-18)16(3)22/h9-12,14-15,19H,4-8,13H2,1-3H3,(H,21,23). The molecule has 2 rings (SSSR count). The number of Topliss-reactive ketones (excluding diaryl/α,β-unsaturated/α-hetero) is 1. The van der Waals surface area contributed by atoms with E-state index in [1.54, 1.807) is 31.2 Å². The Hall–Kier alpha value is -1.84. The predicted octanol–water partition coefficient (Wildman–Crippen LogP) is 3.99. The van der Waals surface area contributed by atoms with Gasteiger partial charge in [0.2, 0.25) is 5.91 Å². The van der Waals surface area contributed by atoms with E-state index in [1.807, 2.05) is 0 Å². The number of benzene rings is 1. The lowest BCUT2D eigenvalue weighted by atomic mass is 9.78. The van der Waals surface area contributed by atoms with E-state index in [9.17, 15) is 9.59 Å². The second-order valence-electron chi connectivity index (χ2n) is 6.97. The van der Waals surface area contributed by atoms with Gasteiger partial charge >= 0.3 is 0 Å². The molecule has 0 spiro atoms. The highest BCUT2D eigenvalue weighted by Crippen LogP contribution is 2.29. The molecule has 0 bridgehead atoms. The Morgan fingerprint density at radius 1 is 1.17 bits per heavy atom. The van der Waals surface area contributed by atoms with Crippen LogP contribution in [0.15, 0.2) is 24.3 Å². The second kappa shape index (κ2) is 8.86. The summed E-state index contributed by atoms with van der Waals surface area (Å²) in [5.74, 6) is 2.14. The first-order valence-corrected chi connectivity index (χ1v) is 9.00. The van der Waals surface area contributed by atoms with E-state index in [1.165, 1.54) is 12.8 Å². The lowest BCUT2D eigenvalue weighted by Crippen LogP contribution is -2.43. The Morgan fingerprint density at radius 3 is 2.54 bits per heavy atom. The van der Waals surface area contributed by atoms with Crippen molar-refractivity contribution in [2.45, 2.75) is 58.9 Å². The van der Waals surface area contributed by atoms with Crippen LogP contribution in [0.4, 0.5) is 0 Å². The summed E-state index contributed by atoms with van der Waals surface area (Å²) in [4.78, 5) is 23.3. The zero-order valence-corrected chi connectivity index (χ0v) is 15.0. The van der Waals surface area contributed by atoms with E-state index in [0.29, 0.717) is 42.9 Å². The molecule has 3 atom stereocenters. The summed E-state index contributed by atoms with van der Waals surface area (Å²) in [6, 6.07) is 7.43. The van der Waals surface area contributed by atoms with Crippen LogP contribution in [0, 0.1) is 11.8 Å². The fourth-order valence-electron chi connectivity index (χ4n) is 3.27. The first-order valence-electron chi connectivity index (χ1n) is 9.00. The molecule has 1 aliphatic carbocycles. The van der Waals surface area contributed by atoms with E-state index in [2.05, 4.69) is 19.2 Å². The highest BCUT2D eigenvalue weighted by atomic mass is 16.5. The molecule has 1 saturated carbocycles. The fourth-order valence-corrected chi connectivity index (χ4v) is 3.27. The van der Waals surface area contributed by atoms with Gasteiger partial charge in [0.05, 0.1) is 6.61 Å². The first-order chi connectivity index (χ1) is 11.5. The summed E-state index contributed by atoms with van der Waals surface area (Å²) < 4.78 is 5.63. The molecule has 4 nitrogen and oxygen atoms in total. The molecule has 0 heterocycles. The van der Waals surface area contributed by atoms with E-state index in [0.717, 1.165) is 12.2 Å². The van der Waals surface area contributed by atoms with Gasteiger partial charge in [-0.05, 0) is 55.9 Å². The molecule has 1 aromatic rings. The van der Waals surface area contributed by atoms with Gasteiger partial charge < -0.3 is 10.1 Å². The van der Waals surface area contributed by atoms with E-state index < -0.39 is 0 Å². The van der Waals surface area contributed by atoms with Crippen LogP contribution in [-0.4, -0.2) is 24.3 Å². The number of hydrogen-bond acceptors (Lipinski definition) is 3. The Morgan fingerprint density at radius 2 is 1.88 bits per heavy atom. The molecule has 1 N–H and O–H groups in total. The van der Waals surface area contributed by atoms with Crippen molar-refractivity contribution in [3.05, 3.63) is 29.8 Å². The van der Waals surface area contributed by atoms with Gasteiger partial charge in [-0.2, -0.15) is 0 Å². The van der Waals surface area contributed by atoms with Crippen molar-refractivity contribution >= 4 is 11.7 Å². The number of hydrogen-bond donors (Lipinski definition) is 1. The predicted molar refractivity (Wildman–Crippen MR) is 95.3 cm³/mol. The molecule has 0 aromatic heterocycles. The Labute approximate surface area is 145 Å². The smallest absolute Gasteiger partial charge is 0.220 e. The minimum atomic E-state index is 0.0458. The maximum Gasteiger partial charge on any atom is 0.220 e. The molecule has 0 aliphatic heterocycles. The van der Waals surface area contributed by atoms with Gasteiger partial charge in [0.25, 0.3) is 0 Å².